The van der Waals surface area contributed by atoms with Crippen LogP contribution in [0.2, 0.25) is 0 Å². The molecule has 1 heterocycles. The van der Waals surface area contributed by atoms with Crippen molar-refractivity contribution in [1.29, 1.82) is 0 Å². The normalized spacial score (nSPS) is 14.8. The molecule has 0 bridgehead atoms. The largest absolute Gasteiger partial charge is 0.493 e. The molecular formula is C24H24O3. The molecule has 0 saturated heterocycles. The van der Waals surface area contributed by atoms with Crippen LogP contribution in [0, 0.1) is 20.8 Å². The number of hydrogen-bond donors (Lipinski definition) is 0. The highest BCUT2D eigenvalue weighted by molar-refractivity contribution is 5.64. The number of ether oxygens (including phenoxy) is 3. The quantitative estimate of drug-likeness (QED) is 0.454. The fraction of sp³-hybridized carbons (Fsp3) is 0.250. The van der Waals surface area contributed by atoms with E-state index in [1.54, 1.807) is 14.2 Å². The van der Waals surface area contributed by atoms with Crippen molar-refractivity contribution in [2.45, 2.75) is 26.7 Å². The molecule has 1 aliphatic rings. The summed E-state index contributed by atoms with van der Waals surface area (Å²) in [4.78, 5) is 0. The van der Waals surface area contributed by atoms with E-state index in [1.165, 1.54) is 27.8 Å². The van der Waals surface area contributed by atoms with Crippen molar-refractivity contribution in [3.63, 3.8) is 0 Å². The number of rotatable bonds is 3. The smallest absolute Gasteiger partial charge is 0.164 e. The molecule has 0 amide bonds. The molecule has 3 aromatic carbocycles. The first kappa shape index (κ1) is 17.5. The van der Waals surface area contributed by atoms with Crippen molar-refractivity contribution in [1.82, 2.24) is 0 Å². The maximum Gasteiger partial charge on any atom is 0.164 e. The lowest BCUT2D eigenvalue weighted by atomic mass is 9.78. The van der Waals surface area contributed by atoms with Gasteiger partial charge < -0.3 is 14.2 Å². The van der Waals surface area contributed by atoms with Crippen LogP contribution in [0.5, 0.6) is 23.0 Å². The first-order valence-electron chi connectivity index (χ1n) is 9.14. The number of para-hydroxylation sites is 1. The number of benzene rings is 3. The molecule has 138 valence electrons. The van der Waals surface area contributed by atoms with E-state index in [0.717, 1.165) is 17.1 Å². The zero-order valence-electron chi connectivity index (χ0n) is 16.4. The van der Waals surface area contributed by atoms with E-state index in [0.29, 0.717) is 11.5 Å². The van der Waals surface area contributed by atoms with E-state index in [4.69, 9.17) is 14.2 Å². The molecule has 0 fully saturated rings. The fourth-order valence-electron chi connectivity index (χ4n) is 4.25. The van der Waals surface area contributed by atoms with Crippen LogP contribution in [0.15, 0.2) is 48.5 Å². The van der Waals surface area contributed by atoms with Crippen LogP contribution in [-0.2, 0) is 0 Å². The molecule has 4 rings (SSSR count). The zero-order valence-corrected chi connectivity index (χ0v) is 16.4. The molecule has 3 nitrogen and oxygen atoms in total. The molecule has 27 heavy (non-hydrogen) atoms. The summed E-state index contributed by atoms with van der Waals surface area (Å²) in [5.74, 6) is 3.18. The molecule has 0 radical (unpaired) electrons. The second-order valence-corrected chi connectivity index (χ2v) is 7.13. The van der Waals surface area contributed by atoms with E-state index < -0.39 is 0 Å². The van der Waals surface area contributed by atoms with Gasteiger partial charge in [0, 0.05) is 23.1 Å². The van der Waals surface area contributed by atoms with Gasteiger partial charge in [-0.3, -0.25) is 0 Å². The van der Waals surface area contributed by atoms with Gasteiger partial charge in [0.2, 0.25) is 0 Å². The molecule has 3 heteroatoms. The predicted octanol–water partition coefficient (Wildman–Crippen LogP) is 5.91. The van der Waals surface area contributed by atoms with Crippen LogP contribution in [-0.4, -0.2) is 14.2 Å². The summed E-state index contributed by atoms with van der Waals surface area (Å²) in [6.45, 7) is 6.52. The summed E-state index contributed by atoms with van der Waals surface area (Å²) in [7, 11) is 3.31. The molecule has 3 aromatic rings. The Kier molecular flexibility index (Phi) is 4.31. The highest BCUT2D eigenvalue weighted by Gasteiger charge is 2.32. The van der Waals surface area contributed by atoms with E-state index in [-0.39, 0.29) is 5.92 Å². The molecular weight excluding hydrogens is 336 g/mol. The Labute approximate surface area is 160 Å². The van der Waals surface area contributed by atoms with Gasteiger partial charge in [-0.25, -0.2) is 0 Å². The van der Waals surface area contributed by atoms with E-state index >= 15 is 0 Å². The van der Waals surface area contributed by atoms with Crippen LogP contribution in [0.4, 0.5) is 0 Å². The van der Waals surface area contributed by atoms with Crippen molar-refractivity contribution < 1.29 is 14.2 Å². The van der Waals surface area contributed by atoms with Gasteiger partial charge in [-0.1, -0.05) is 35.9 Å². The summed E-state index contributed by atoms with van der Waals surface area (Å²) in [5, 5.41) is 0. The van der Waals surface area contributed by atoms with Crippen LogP contribution < -0.4 is 14.2 Å². The third-order valence-corrected chi connectivity index (χ3v) is 5.30. The fourth-order valence-corrected chi connectivity index (χ4v) is 4.25. The second-order valence-electron chi connectivity index (χ2n) is 7.13. The molecule has 0 aromatic heterocycles. The van der Waals surface area contributed by atoms with Crippen molar-refractivity contribution in [3.8, 4) is 23.0 Å². The third-order valence-electron chi connectivity index (χ3n) is 5.30. The topological polar surface area (TPSA) is 27.7 Å². The van der Waals surface area contributed by atoms with Gasteiger partial charge >= 0.3 is 0 Å². The third kappa shape index (κ3) is 2.84. The summed E-state index contributed by atoms with van der Waals surface area (Å²) < 4.78 is 17.3. The average molecular weight is 360 g/mol. The van der Waals surface area contributed by atoms with E-state index in [2.05, 4.69) is 45.0 Å². The molecule has 0 spiro atoms. The highest BCUT2D eigenvalue weighted by Crippen LogP contribution is 2.51. The zero-order chi connectivity index (χ0) is 19.1. The SMILES string of the molecule is COc1cc2c(cc1OC)C(c1c(C)cc(C)cc1C)c1ccccc1O2. The van der Waals surface area contributed by atoms with Crippen LogP contribution in [0.3, 0.4) is 0 Å². The predicted molar refractivity (Wildman–Crippen MR) is 108 cm³/mol. The van der Waals surface area contributed by atoms with Gasteiger partial charge in [0.1, 0.15) is 11.5 Å². The molecule has 1 atom stereocenters. The Morgan fingerprint density at radius 3 is 2.04 bits per heavy atom. The van der Waals surface area contributed by atoms with Gasteiger partial charge in [-0.05, 0) is 49.6 Å². The van der Waals surface area contributed by atoms with Crippen molar-refractivity contribution >= 4 is 0 Å². The van der Waals surface area contributed by atoms with Gasteiger partial charge in [0.25, 0.3) is 0 Å². The average Bonchev–Trinajstić information content (AvgIpc) is 2.65. The molecule has 0 saturated carbocycles. The molecule has 0 aliphatic carbocycles. The van der Waals surface area contributed by atoms with Gasteiger partial charge in [0.05, 0.1) is 14.2 Å². The van der Waals surface area contributed by atoms with Gasteiger partial charge in [0.15, 0.2) is 11.5 Å². The Balaban J connectivity index is 2.02. The number of methoxy groups -OCH3 is 2. The van der Waals surface area contributed by atoms with Crippen molar-refractivity contribution in [2.24, 2.45) is 0 Å². The number of aryl methyl sites for hydroxylation is 3. The second kappa shape index (κ2) is 6.66. The Morgan fingerprint density at radius 2 is 1.37 bits per heavy atom. The van der Waals surface area contributed by atoms with Crippen LogP contribution >= 0.6 is 0 Å². The minimum Gasteiger partial charge on any atom is -0.493 e. The first-order valence-corrected chi connectivity index (χ1v) is 9.14. The summed E-state index contributed by atoms with van der Waals surface area (Å²) >= 11 is 0. The van der Waals surface area contributed by atoms with E-state index in [9.17, 15) is 0 Å². The minimum absolute atomic E-state index is 0.0883. The van der Waals surface area contributed by atoms with Crippen LogP contribution in [0.1, 0.15) is 39.3 Å². The lowest BCUT2D eigenvalue weighted by Gasteiger charge is -2.31. The van der Waals surface area contributed by atoms with E-state index in [1.807, 2.05) is 24.3 Å². The van der Waals surface area contributed by atoms with Crippen molar-refractivity contribution in [2.75, 3.05) is 14.2 Å². The lowest BCUT2D eigenvalue weighted by Crippen LogP contribution is -2.14. The Hall–Kier alpha value is -2.94. The van der Waals surface area contributed by atoms with Gasteiger partial charge in [-0.2, -0.15) is 0 Å². The number of hydrogen-bond acceptors (Lipinski definition) is 3. The highest BCUT2D eigenvalue weighted by atomic mass is 16.5. The first-order chi connectivity index (χ1) is 13.0. The monoisotopic (exact) mass is 360 g/mol. The Morgan fingerprint density at radius 1 is 0.741 bits per heavy atom. The maximum absolute atomic E-state index is 6.24. The van der Waals surface area contributed by atoms with Crippen molar-refractivity contribution in [3.05, 3.63) is 81.9 Å². The number of fused-ring (bicyclic) bond motifs is 2. The summed E-state index contributed by atoms with van der Waals surface area (Å²) in [6.07, 6.45) is 0. The molecule has 1 aliphatic heterocycles. The molecule has 0 N–H and O–H groups in total. The Bertz CT molecular complexity index is 997. The standard InChI is InChI=1S/C24H24O3/c1-14-10-15(2)23(16(3)11-14)24-17-8-6-7-9-19(17)27-20-13-22(26-5)21(25-4)12-18(20)24/h6-13,24H,1-5H3. The molecule has 1 unspecified atom stereocenters. The maximum atomic E-state index is 6.24. The summed E-state index contributed by atoms with van der Waals surface area (Å²) in [5.41, 5.74) is 7.45. The van der Waals surface area contributed by atoms with Gasteiger partial charge in [-0.15, -0.1) is 0 Å². The minimum atomic E-state index is 0.0883. The van der Waals surface area contributed by atoms with Crippen LogP contribution in [0.25, 0.3) is 0 Å². The summed E-state index contributed by atoms with van der Waals surface area (Å²) in [6, 6.07) is 16.7. The lowest BCUT2D eigenvalue weighted by molar-refractivity contribution is 0.349.